The third-order valence-electron chi connectivity index (χ3n) is 4.27. The van der Waals surface area contributed by atoms with Crippen LogP contribution in [-0.2, 0) is 19.6 Å². The summed E-state index contributed by atoms with van der Waals surface area (Å²) in [5, 5.41) is 8.45. The molecule has 0 radical (unpaired) electrons. The van der Waals surface area contributed by atoms with Crippen molar-refractivity contribution in [3.63, 3.8) is 0 Å². The summed E-state index contributed by atoms with van der Waals surface area (Å²) in [4.78, 5) is 25.9. The van der Waals surface area contributed by atoms with Gasteiger partial charge < -0.3 is 9.64 Å². The second-order valence-corrected chi connectivity index (χ2v) is 8.26. The summed E-state index contributed by atoms with van der Waals surface area (Å²) in [5.41, 5.74) is 0.158. The quantitative estimate of drug-likeness (QED) is 0.551. The highest BCUT2D eigenvalue weighted by Crippen LogP contribution is 2.16. The molecule has 2 rings (SSSR count). The molecule has 0 bridgehead atoms. The number of hydrogen-bond acceptors (Lipinski definition) is 6. The van der Waals surface area contributed by atoms with Crippen LogP contribution in [-0.4, -0.2) is 51.4 Å². The van der Waals surface area contributed by atoms with E-state index in [4.69, 9.17) is 10.00 Å². The number of nitrogens with one attached hydrogen (secondary N) is 1. The average Bonchev–Trinajstić information content (AvgIpc) is 2.66. The van der Waals surface area contributed by atoms with Gasteiger partial charge >= 0.3 is 5.97 Å². The molecule has 1 N–H and O–H groups in total. The van der Waals surface area contributed by atoms with Gasteiger partial charge in [0.25, 0.3) is 5.91 Å². The number of nitriles is 1. The lowest BCUT2D eigenvalue weighted by Crippen LogP contribution is -2.41. The molecule has 27 heavy (non-hydrogen) atoms. The van der Waals surface area contributed by atoms with Crippen molar-refractivity contribution in [3.05, 3.63) is 29.8 Å². The molecule has 1 aliphatic rings. The number of carbonyl (C=O) groups is 2. The third-order valence-corrected chi connectivity index (χ3v) is 5.74. The van der Waals surface area contributed by atoms with Gasteiger partial charge in [-0.05, 0) is 43.0 Å². The smallest absolute Gasteiger partial charge is 0.338 e. The Morgan fingerprint density at radius 1 is 1.33 bits per heavy atom. The monoisotopic (exact) mass is 393 g/mol. The Hall–Kier alpha value is -2.44. The van der Waals surface area contributed by atoms with E-state index >= 15 is 0 Å². The van der Waals surface area contributed by atoms with E-state index in [1.54, 1.807) is 4.90 Å². The minimum absolute atomic E-state index is 0.0137. The number of carbonyl (C=O) groups excluding carboxylic acids is 2. The summed E-state index contributed by atoms with van der Waals surface area (Å²) in [6, 6.07) is 7.06. The van der Waals surface area contributed by atoms with Gasteiger partial charge in [0.2, 0.25) is 10.0 Å². The van der Waals surface area contributed by atoms with E-state index in [2.05, 4.69) is 11.6 Å². The number of piperidine rings is 1. The van der Waals surface area contributed by atoms with E-state index in [0.29, 0.717) is 19.0 Å². The average molecular weight is 393 g/mol. The molecule has 1 atom stereocenters. The Morgan fingerprint density at radius 3 is 2.67 bits per heavy atom. The lowest BCUT2D eigenvalue weighted by Gasteiger charge is -2.30. The second-order valence-electron chi connectivity index (χ2n) is 6.49. The summed E-state index contributed by atoms with van der Waals surface area (Å²) in [5.74, 6) is -0.472. The van der Waals surface area contributed by atoms with E-state index in [9.17, 15) is 18.0 Å². The molecule has 1 heterocycles. The van der Waals surface area contributed by atoms with Crippen molar-refractivity contribution in [2.24, 2.45) is 5.92 Å². The van der Waals surface area contributed by atoms with Gasteiger partial charge in [-0.3, -0.25) is 4.79 Å². The molecule has 1 aromatic carbocycles. The zero-order valence-corrected chi connectivity index (χ0v) is 16.0. The number of esters is 1. The van der Waals surface area contributed by atoms with Crippen molar-refractivity contribution in [2.45, 2.75) is 31.1 Å². The molecular weight excluding hydrogens is 370 g/mol. The predicted molar refractivity (Wildman–Crippen MR) is 97.1 cm³/mol. The first kappa shape index (κ1) is 20.9. The van der Waals surface area contributed by atoms with Gasteiger partial charge in [0, 0.05) is 26.1 Å². The van der Waals surface area contributed by atoms with E-state index in [0.717, 1.165) is 12.8 Å². The molecule has 0 unspecified atom stereocenters. The molecule has 0 spiro atoms. The Labute approximate surface area is 159 Å². The number of sulfonamides is 1. The summed E-state index contributed by atoms with van der Waals surface area (Å²) >= 11 is 0. The molecule has 146 valence electrons. The van der Waals surface area contributed by atoms with Gasteiger partial charge in [-0.25, -0.2) is 17.9 Å². The number of rotatable bonds is 7. The van der Waals surface area contributed by atoms with Crippen LogP contribution in [0, 0.1) is 17.2 Å². The van der Waals surface area contributed by atoms with Gasteiger partial charge in [0.15, 0.2) is 6.61 Å². The molecule has 1 aromatic rings. The number of nitrogens with zero attached hydrogens (tertiary/aromatic N) is 2. The minimum Gasteiger partial charge on any atom is -0.452 e. The Morgan fingerprint density at radius 2 is 2.04 bits per heavy atom. The maximum absolute atomic E-state index is 12.1. The summed E-state index contributed by atoms with van der Waals surface area (Å²) in [6.45, 7) is 3.10. The van der Waals surface area contributed by atoms with Gasteiger partial charge in [-0.1, -0.05) is 6.92 Å². The highest BCUT2D eigenvalue weighted by atomic mass is 32.2. The fourth-order valence-electron chi connectivity index (χ4n) is 2.81. The molecule has 9 heteroatoms. The molecule has 1 aliphatic heterocycles. The first-order valence-corrected chi connectivity index (χ1v) is 10.2. The van der Waals surface area contributed by atoms with Gasteiger partial charge in [-0.15, -0.1) is 0 Å². The molecule has 8 nitrogen and oxygen atoms in total. The number of hydrogen-bond donors (Lipinski definition) is 1. The standard InChI is InChI=1S/C18H23N3O5S/c1-14-4-2-11-21(12-14)17(22)13-26-18(23)15-5-7-16(8-6-15)27(24,25)20-10-3-9-19/h5-8,14,20H,2-4,10-13H2,1H3/t14-/m0/s1. The maximum atomic E-state index is 12.1. The van der Waals surface area contributed by atoms with Crippen molar-refractivity contribution in [1.82, 2.24) is 9.62 Å². The summed E-state index contributed by atoms with van der Waals surface area (Å²) in [7, 11) is -3.73. The first-order valence-electron chi connectivity index (χ1n) is 8.75. The zero-order valence-electron chi connectivity index (χ0n) is 15.2. The van der Waals surface area contributed by atoms with Crippen LogP contribution in [0.2, 0.25) is 0 Å². The molecule has 1 amide bonds. The van der Waals surface area contributed by atoms with Crippen LogP contribution in [0.25, 0.3) is 0 Å². The normalized spacial score (nSPS) is 17.2. The van der Waals surface area contributed by atoms with Crippen LogP contribution in [0.4, 0.5) is 0 Å². The maximum Gasteiger partial charge on any atom is 0.338 e. The molecular formula is C18H23N3O5S. The van der Waals surface area contributed by atoms with Crippen LogP contribution in [0.15, 0.2) is 29.2 Å². The van der Waals surface area contributed by atoms with Gasteiger partial charge in [-0.2, -0.15) is 5.26 Å². The number of likely N-dealkylation sites (tertiary alicyclic amines) is 1. The van der Waals surface area contributed by atoms with Gasteiger partial charge in [0.1, 0.15) is 0 Å². The zero-order chi connectivity index (χ0) is 19.9. The van der Waals surface area contributed by atoms with E-state index in [1.807, 2.05) is 6.07 Å². The Bertz CT molecular complexity index is 814. The molecule has 0 aliphatic carbocycles. The van der Waals surface area contributed by atoms with E-state index in [-0.39, 0.29) is 35.9 Å². The van der Waals surface area contributed by atoms with Crippen LogP contribution < -0.4 is 4.72 Å². The fourth-order valence-corrected chi connectivity index (χ4v) is 3.84. The van der Waals surface area contributed by atoms with E-state index in [1.165, 1.54) is 24.3 Å². The van der Waals surface area contributed by atoms with Crippen molar-refractivity contribution >= 4 is 21.9 Å². The molecule has 1 fully saturated rings. The van der Waals surface area contributed by atoms with Crippen LogP contribution in [0.1, 0.15) is 36.5 Å². The molecule has 0 aromatic heterocycles. The Balaban J connectivity index is 1.90. The summed E-state index contributed by atoms with van der Waals surface area (Å²) in [6.07, 6.45) is 2.09. The van der Waals surface area contributed by atoms with Crippen LogP contribution >= 0.6 is 0 Å². The van der Waals surface area contributed by atoms with Crippen LogP contribution in [0.3, 0.4) is 0 Å². The number of ether oxygens (including phenoxy) is 1. The number of amides is 1. The van der Waals surface area contributed by atoms with Crippen molar-refractivity contribution in [1.29, 1.82) is 5.26 Å². The predicted octanol–water partition coefficient (Wildman–Crippen LogP) is 1.29. The number of benzene rings is 1. The highest BCUT2D eigenvalue weighted by Gasteiger charge is 2.22. The summed E-state index contributed by atoms with van der Waals surface area (Å²) < 4.78 is 31.4. The lowest BCUT2D eigenvalue weighted by atomic mass is 10.0. The minimum atomic E-state index is -3.73. The first-order chi connectivity index (χ1) is 12.8. The van der Waals surface area contributed by atoms with Gasteiger partial charge in [0.05, 0.1) is 16.5 Å². The van der Waals surface area contributed by atoms with E-state index < -0.39 is 16.0 Å². The second kappa shape index (κ2) is 9.48. The van der Waals surface area contributed by atoms with Crippen molar-refractivity contribution in [3.8, 4) is 6.07 Å². The topological polar surface area (TPSA) is 117 Å². The van der Waals surface area contributed by atoms with Crippen molar-refractivity contribution < 1.29 is 22.7 Å². The molecule has 1 saturated heterocycles. The highest BCUT2D eigenvalue weighted by molar-refractivity contribution is 7.89. The fraction of sp³-hybridized carbons (Fsp3) is 0.500. The molecule has 0 saturated carbocycles. The third kappa shape index (κ3) is 6.05. The van der Waals surface area contributed by atoms with Crippen LogP contribution in [0.5, 0.6) is 0 Å². The van der Waals surface area contributed by atoms with Crippen molar-refractivity contribution in [2.75, 3.05) is 26.2 Å². The SMILES string of the molecule is C[C@H]1CCCN(C(=O)COC(=O)c2ccc(S(=O)(=O)NCCC#N)cc2)C1. The lowest BCUT2D eigenvalue weighted by molar-refractivity contribution is -0.136. The Kier molecular flexibility index (Phi) is 7.33. The largest absolute Gasteiger partial charge is 0.452 e.